The highest BCUT2D eigenvalue weighted by molar-refractivity contribution is 5.60. The molecule has 0 aromatic heterocycles. The van der Waals surface area contributed by atoms with Crippen LogP contribution in [-0.2, 0) is 0 Å². The van der Waals surface area contributed by atoms with Crippen LogP contribution < -0.4 is 10.1 Å². The van der Waals surface area contributed by atoms with Gasteiger partial charge in [-0.25, -0.2) is 0 Å². The van der Waals surface area contributed by atoms with Gasteiger partial charge < -0.3 is 10.1 Å². The van der Waals surface area contributed by atoms with Crippen molar-refractivity contribution in [2.45, 2.75) is 32.6 Å². The second-order valence-electron chi connectivity index (χ2n) is 5.65. The fraction of sp³-hybridized carbons (Fsp3) is 0.600. The first-order valence-electron chi connectivity index (χ1n) is 7.16. The van der Waals surface area contributed by atoms with Crippen LogP contribution in [0.3, 0.4) is 0 Å². The third-order valence-electron chi connectivity index (χ3n) is 4.11. The van der Waals surface area contributed by atoms with E-state index in [9.17, 15) is 10.1 Å². The van der Waals surface area contributed by atoms with Gasteiger partial charge in [0.05, 0.1) is 23.8 Å². The number of hydrogen-bond donors (Lipinski definition) is 1. The summed E-state index contributed by atoms with van der Waals surface area (Å²) in [5.41, 5.74) is 0.885. The first-order chi connectivity index (χ1) is 9.60. The van der Waals surface area contributed by atoms with Crippen molar-refractivity contribution in [3.8, 4) is 5.75 Å². The van der Waals surface area contributed by atoms with Gasteiger partial charge in [0, 0.05) is 12.6 Å². The SMILES string of the molecule is COc1cc([N+](=O)[O-])ccc1NCC1CCC(C)CC1. The Kier molecular flexibility index (Phi) is 4.82. The summed E-state index contributed by atoms with van der Waals surface area (Å²) in [6, 6.07) is 4.70. The Labute approximate surface area is 119 Å². The van der Waals surface area contributed by atoms with E-state index in [-0.39, 0.29) is 5.69 Å². The quantitative estimate of drug-likeness (QED) is 0.656. The molecule has 1 fully saturated rings. The molecule has 0 aliphatic heterocycles. The van der Waals surface area contributed by atoms with E-state index in [4.69, 9.17) is 4.74 Å². The molecule has 1 N–H and O–H groups in total. The lowest BCUT2D eigenvalue weighted by molar-refractivity contribution is -0.384. The van der Waals surface area contributed by atoms with Gasteiger partial charge in [0.15, 0.2) is 0 Å². The van der Waals surface area contributed by atoms with Crippen molar-refractivity contribution in [2.24, 2.45) is 11.8 Å². The van der Waals surface area contributed by atoms with Gasteiger partial charge in [-0.2, -0.15) is 0 Å². The Morgan fingerprint density at radius 1 is 1.35 bits per heavy atom. The molecule has 0 spiro atoms. The van der Waals surface area contributed by atoms with Gasteiger partial charge in [0.2, 0.25) is 0 Å². The lowest BCUT2D eigenvalue weighted by atomic mass is 9.83. The molecule has 1 aliphatic rings. The highest BCUT2D eigenvalue weighted by atomic mass is 16.6. The summed E-state index contributed by atoms with van der Waals surface area (Å²) in [6.07, 6.45) is 5.10. The fourth-order valence-electron chi connectivity index (χ4n) is 2.73. The molecule has 110 valence electrons. The first-order valence-corrected chi connectivity index (χ1v) is 7.16. The van der Waals surface area contributed by atoms with E-state index in [2.05, 4.69) is 12.2 Å². The van der Waals surface area contributed by atoms with Gasteiger partial charge >= 0.3 is 0 Å². The minimum atomic E-state index is -0.408. The van der Waals surface area contributed by atoms with Crippen LogP contribution in [0.15, 0.2) is 18.2 Å². The highest BCUT2D eigenvalue weighted by Crippen LogP contribution is 2.31. The predicted molar refractivity (Wildman–Crippen MR) is 79.3 cm³/mol. The molecule has 0 amide bonds. The minimum Gasteiger partial charge on any atom is -0.494 e. The minimum absolute atomic E-state index is 0.0545. The van der Waals surface area contributed by atoms with Gasteiger partial charge in [0.25, 0.3) is 5.69 Å². The molecule has 1 aromatic rings. The molecule has 0 saturated heterocycles. The summed E-state index contributed by atoms with van der Waals surface area (Å²) >= 11 is 0. The van der Waals surface area contributed by atoms with Gasteiger partial charge in [-0.15, -0.1) is 0 Å². The van der Waals surface area contributed by atoms with Gasteiger partial charge in [-0.1, -0.05) is 19.8 Å². The molecule has 5 nitrogen and oxygen atoms in total. The maximum Gasteiger partial charge on any atom is 0.273 e. The van der Waals surface area contributed by atoms with Crippen LogP contribution in [0.2, 0.25) is 0 Å². The molecule has 2 rings (SSSR count). The standard InChI is InChI=1S/C15H22N2O3/c1-11-3-5-12(6-4-11)10-16-14-8-7-13(17(18)19)9-15(14)20-2/h7-9,11-12,16H,3-6,10H2,1-2H3. The van der Waals surface area contributed by atoms with Crippen LogP contribution in [0.4, 0.5) is 11.4 Å². The average molecular weight is 278 g/mol. The number of hydrogen-bond acceptors (Lipinski definition) is 4. The van der Waals surface area contributed by atoms with Gasteiger partial charge in [0.1, 0.15) is 5.75 Å². The number of non-ortho nitro benzene ring substituents is 1. The number of nitro groups is 1. The van der Waals surface area contributed by atoms with Gasteiger partial charge in [-0.05, 0) is 30.7 Å². The van der Waals surface area contributed by atoms with Crippen LogP contribution >= 0.6 is 0 Å². The number of benzene rings is 1. The van der Waals surface area contributed by atoms with E-state index in [1.165, 1.54) is 44.9 Å². The van der Waals surface area contributed by atoms with E-state index in [0.717, 1.165) is 18.2 Å². The zero-order valence-corrected chi connectivity index (χ0v) is 12.1. The van der Waals surface area contributed by atoms with Crippen LogP contribution in [0.5, 0.6) is 5.75 Å². The summed E-state index contributed by atoms with van der Waals surface area (Å²) in [6.45, 7) is 3.21. The highest BCUT2D eigenvalue weighted by Gasteiger charge is 2.18. The van der Waals surface area contributed by atoms with Crippen molar-refractivity contribution in [1.29, 1.82) is 0 Å². The Balaban J connectivity index is 1.97. The summed E-state index contributed by atoms with van der Waals surface area (Å²) in [4.78, 5) is 10.3. The Morgan fingerprint density at radius 3 is 2.65 bits per heavy atom. The number of nitrogens with zero attached hydrogens (tertiary/aromatic N) is 1. The molecule has 0 radical (unpaired) electrons. The molecule has 0 atom stereocenters. The Morgan fingerprint density at radius 2 is 2.05 bits per heavy atom. The molecule has 20 heavy (non-hydrogen) atoms. The van der Waals surface area contributed by atoms with E-state index >= 15 is 0 Å². The van der Waals surface area contributed by atoms with Crippen LogP contribution in [-0.4, -0.2) is 18.6 Å². The van der Waals surface area contributed by atoms with Crippen molar-refractivity contribution in [3.63, 3.8) is 0 Å². The van der Waals surface area contributed by atoms with Crippen molar-refractivity contribution in [2.75, 3.05) is 19.0 Å². The molecule has 1 aromatic carbocycles. The topological polar surface area (TPSA) is 64.4 Å². The zero-order chi connectivity index (χ0) is 14.5. The lowest BCUT2D eigenvalue weighted by Gasteiger charge is -2.26. The van der Waals surface area contributed by atoms with Crippen LogP contribution in [0, 0.1) is 22.0 Å². The summed E-state index contributed by atoms with van der Waals surface area (Å²) in [5.74, 6) is 2.06. The third-order valence-corrected chi connectivity index (χ3v) is 4.11. The number of nitro benzene ring substituents is 1. The van der Waals surface area contributed by atoms with Crippen LogP contribution in [0.1, 0.15) is 32.6 Å². The smallest absolute Gasteiger partial charge is 0.273 e. The third kappa shape index (κ3) is 3.62. The largest absolute Gasteiger partial charge is 0.494 e. The molecule has 0 heterocycles. The van der Waals surface area contributed by atoms with Crippen molar-refractivity contribution >= 4 is 11.4 Å². The summed E-state index contributed by atoms with van der Waals surface area (Å²) in [7, 11) is 1.53. The number of ether oxygens (including phenoxy) is 1. The normalized spacial score (nSPS) is 22.3. The van der Waals surface area contributed by atoms with Crippen molar-refractivity contribution in [3.05, 3.63) is 28.3 Å². The van der Waals surface area contributed by atoms with Crippen molar-refractivity contribution < 1.29 is 9.66 Å². The Hall–Kier alpha value is -1.78. The maximum atomic E-state index is 10.7. The molecular weight excluding hydrogens is 256 g/mol. The second kappa shape index (κ2) is 6.59. The van der Waals surface area contributed by atoms with Crippen molar-refractivity contribution in [1.82, 2.24) is 0 Å². The summed E-state index contributed by atoms with van der Waals surface area (Å²) in [5, 5.41) is 14.1. The van der Waals surface area contributed by atoms with E-state index in [0.29, 0.717) is 11.7 Å². The summed E-state index contributed by atoms with van der Waals surface area (Å²) < 4.78 is 5.23. The van der Waals surface area contributed by atoms with Gasteiger partial charge in [-0.3, -0.25) is 10.1 Å². The fourth-order valence-corrected chi connectivity index (χ4v) is 2.73. The lowest BCUT2D eigenvalue weighted by Crippen LogP contribution is -2.20. The van der Waals surface area contributed by atoms with E-state index in [1.807, 2.05) is 0 Å². The molecule has 1 saturated carbocycles. The molecule has 1 aliphatic carbocycles. The zero-order valence-electron chi connectivity index (χ0n) is 12.1. The second-order valence-corrected chi connectivity index (χ2v) is 5.65. The Bertz CT molecular complexity index is 468. The molecule has 0 unspecified atom stereocenters. The number of methoxy groups -OCH3 is 1. The number of anilines is 1. The number of rotatable bonds is 5. The molecule has 0 bridgehead atoms. The predicted octanol–water partition coefficient (Wildman–Crippen LogP) is 3.84. The monoisotopic (exact) mass is 278 g/mol. The van der Waals surface area contributed by atoms with Crippen LogP contribution in [0.25, 0.3) is 0 Å². The molecule has 5 heteroatoms. The maximum absolute atomic E-state index is 10.7. The van der Waals surface area contributed by atoms with E-state index in [1.54, 1.807) is 6.07 Å². The molecular formula is C15H22N2O3. The average Bonchev–Trinajstić information content (AvgIpc) is 2.46. The first kappa shape index (κ1) is 14.6. The van der Waals surface area contributed by atoms with E-state index < -0.39 is 4.92 Å². The number of nitrogens with one attached hydrogen (secondary N) is 1.